The van der Waals surface area contributed by atoms with Gasteiger partial charge in [0.1, 0.15) is 0 Å². The lowest BCUT2D eigenvalue weighted by molar-refractivity contribution is 0.169. The highest BCUT2D eigenvalue weighted by Crippen LogP contribution is 2.39. The number of thiophene rings is 1. The first-order valence-corrected chi connectivity index (χ1v) is 9.72. The number of nitrogens with one attached hydrogen (secondary N) is 1. The minimum Gasteiger partial charge on any atom is -0.314 e. The summed E-state index contributed by atoms with van der Waals surface area (Å²) in [6.45, 7) is 8.06. The van der Waals surface area contributed by atoms with E-state index in [-0.39, 0.29) is 0 Å². The SMILES string of the molecule is CCC1CCC(CNC(C)C)C(Cc2sccc2Br)C1. The van der Waals surface area contributed by atoms with Crippen LogP contribution < -0.4 is 5.32 Å². The van der Waals surface area contributed by atoms with Gasteiger partial charge < -0.3 is 5.32 Å². The van der Waals surface area contributed by atoms with Crippen molar-refractivity contribution in [1.29, 1.82) is 0 Å². The maximum Gasteiger partial charge on any atom is 0.0314 e. The van der Waals surface area contributed by atoms with Gasteiger partial charge in [-0.3, -0.25) is 0 Å². The quantitative estimate of drug-likeness (QED) is 0.709. The molecule has 2 rings (SSSR count). The van der Waals surface area contributed by atoms with E-state index < -0.39 is 0 Å². The van der Waals surface area contributed by atoms with Crippen LogP contribution in [0.5, 0.6) is 0 Å². The van der Waals surface area contributed by atoms with Gasteiger partial charge >= 0.3 is 0 Å². The molecule has 1 N–H and O–H groups in total. The molecular weight excluding hydrogens is 330 g/mol. The van der Waals surface area contributed by atoms with Crippen LogP contribution in [0.15, 0.2) is 15.9 Å². The van der Waals surface area contributed by atoms with Crippen molar-refractivity contribution in [2.75, 3.05) is 6.54 Å². The first-order chi connectivity index (χ1) is 9.60. The third kappa shape index (κ3) is 4.57. The van der Waals surface area contributed by atoms with Gasteiger partial charge in [-0.25, -0.2) is 0 Å². The van der Waals surface area contributed by atoms with E-state index in [1.54, 1.807) is 4.88 Å². The summed E-state index contributed by atoms with van der Waals surface area (Å²) in [6, 6.07) is 2.80. The molecular formula is C17H28BrNS. The van der Waals surface area contributed by atoms with E-state index in [1.165, 1.54) is 43.1 Å². The van der Waals surface area contributed by atoms with Crippen molar-refractivity contribution in [3.63, 3.8) is 0 Å². The molecule has 0 aliphatic heterocycles. The van der Waals surface area contributed by atoms with Crippen LogP contribution in [-0.2, 0) is 6.42 Å². The molecule has 0 amide bonds. The zero-order valence-electron chi connectivity index (χ0n) is 13.0. The van der Waals surface area contributed by atoms with Gasteiger partial charge in [0.15, 0.2) is 0 Å². The fraction of sp³-hybridized carbons (Fsp3) is 0.765. The van der Waals surface area contributed by atoms with Crippen molar-refractivity contribution in [1.82, 2.24) is 5.32 Å². The van der Waals surface area contributed by atoms with Gasteiger partial charge in [0.2, 0.25) is 0 Å². The van der Waals surface area contributed by atoms with E-state index in [1.807, 2.05) is 11.3 Å². The first kappa shape index (κ1) is 16.5. The number of hydrogen-bond donors (Lipinski definition) is 1. The Morgan fingerprint density at radius 1 is 1.35 bits per heavy atom. The number of rotatable bonds is 6. The second kappa shape index (κ2) is 7.95. The minimum atomic E-state index is 0.605. The van der Waals surface area contributed by atoms with Crippen LogP contribution in [0.3, 0.4) is 0 Å². The normalized spacial score (nSPS) is 27.1. The van der Waals surface area contributed by atoms with E-state index >= 15 is 0 Å². The molecule has 1 aromatic rings. The van der Waals surface area contributed by atoms with Crippen LogP contribution in [0.4, 0.5) is 0 Å². The number of halogens is 1. The van der Waals surface area contributed by atoms with Gasteiger partial charge in [-0.2, -0.15) is 0 Å². The van der Waals surface area contributed by atoms with E-state index in [2.05, 4.69) is 53.5 Å². The summed E-state index contributed by atoms with van der Waals surface area (Å²) < 4.78 is 1.32. The van der Waals surface area contributed by atoms with E-state index in [0.29, 0.717) is 6.04 Å². The zero-order chi connectivity index (χ0) is 14.5. The summed E-state index contributed by atoms with van der Waals surface area (Å²) in [5.41, 5.74) is 0. The molecule has 0 radical (unpaired) electrons. The molecule has 1 heterocycles. The summed E-state index contributed by atoms with van der Waals surface area (Å²) in [5.74, 6) is 2.66. The molecule has 1 aromatic heterocycles. The van der Waals surface area contributed by atoms with Gasteiger partial charge in [0.25, 0.3) is 0 Å². The predicted molar refractivity (Wildman–Crippen MR) is 93.5 cm³/mol. The average molecular weight is 358 g/mol. The monoisotopic (exact) mass is 357 g/mol. The summed E-state index contributed by atoms with van der Waals surface area (Å²) in [7, 11) is 0. The second-order valence-electron chi connectivity index (χ2n) is 6.57. The van der Waals surface area contributed by atoms with Crippen LogP contribution >= 0.6 is 27.3 Å². The Labute approximate surface area is 136 Å². The molecule has 0 saturated heterocycles. The Hall–Kier alpha value is 0.140. The van der Waals surface area contributed by atoms with Crippen molar-refractivity contribution in [2.24, 2.45) is 17.8 Å². The standard InChI is InChI=1S/C17H28BrNS/c1-4-13-5-6-14(11-19-12(2)3)15(9-13)10-17-16(18)7-8-20-17/h7-8,12-15,19H,4-6,9-11H2,1-3H3. The first-order valence-electron chi connectivity index (χ1n) is 8.05. The summed E-state index contributed by atoms with van der Waals surface area (Å²) >= 11 is 5.61. The fourth-order valence-corrected chi connectivity index (χ4v) is 5.02. The largest absolute Gasteiger partial charge is 0.314 e. The molecule has 0 aromatic carbocycles. The van der Waals surface area contributed by atoms with Crippen molar-refractivity contribution < 1.29 is 0 Å². The molecule has 1 saturated carbocycles. The van der Waals surface area contributed by atoms with Gasteiger partial charge in [-0.05, 0) is 70.9 Å². The molecule has 0 spiro atoms. The maximum absolute atomic E-state index is 3.70. The Morgan fingerprint density at radius 2 is 2.15 bits per heavy atom. The second-order valence-corrected chi connectivity index (χ2v) is 8.42. The molecule has 0 bridgehead atoms. The minimum absolute atomic E-state index is 0.605. The van der Waals surface area contributed by atoms with Gasteiger partial charge in [0, 0.05) is 15.4 Å². The highest BCUT2D eigenvalue weighted by atomic mass is 79.9. The van der Waals surface area contributed by atoms with Crippen LogP contribution in [0.2, 0.25) is 0 Å². The predicted octanol–water partition coefficient (Wildman–Crippen LogP) is 5.49. The smallest absolute Gasteiger partial charge is 0.0314 e. The Morgan fingerprint density at radius 3 is 2.75 bits per heavy atom. The lowest BCUT2D eigenvalue weighted by atomic mass is 9.71. The molecule has 114 valence electrons. The third-order valence-electron chi connectivity index (χ3n) is 4.75. The van der Waals surface area contributed by atoms with Crippen LogP contribution in [0.25, 0.3) is 0 Å². The van der Waals surface area contributed by atoms with Crippen LogP contribution in [0, 0.1) is 17.8 Å². The van der Waals surface area contributed by atoms with Crippen LogP contribution in [0.1, 0.15) is 51.3 Å². The lowest BCUT2D eigenvalue weighted by Gasteiger charge is -2.36. The van der Waals surface area contributed by atoms with Gasteiger partial charge in [0.05, 0.1) is 0 Å². The van der Waals surface area contributed by atoms with E-state index in [4.69, 9.17) is 0 Å². The summed E-state index contributed by atoms with van der Waals surface area (Å²) in [5, 5.41) is 5.87. The van der Waals surface area contributed by atoms with Gasteiger partial charge in [-0.15, -0.1) is 11.3 Å². The van der Waals surface area contributed by atoms with Crippen molar-refractivity contribution >= 4 is 27.3 Å². The summed E-state index contributed by atoms with van der Waals surface area (Å²) in [6.07, 6.45) is 6.88. The Bertz CT molecular complexity index is 401. The van der Waals surface area contributed by atoms with Crippen LogP contribution in [-0.4, -0.2) is 12.6 Å². The average Bonchev–Trinajstić information content (AvgIpc) is 2.82. The Kier molecular flexibility index (Phi) is 6.57. The van der Waals surface area contributed by atoms with Crippen molar-refractivity contribution in [3.8, 4) is 0 Å². The summed E-state index contributed by atoms with van der Waals surface area (Å²) in [4.78, 5) is 1.54. The molecule has 20 heavy (non-hydrogen) atoms. The highest BCUT2D eigenvalue weighted by molar-refractivity contribution is 9.10. The molecule has 3 heteroatoms. The Balaban J connectivity index is 1.99. The zero-order valence-corrected chi connectivity index (χ0v) is 15.4. The van der Waals surface area contributed by atoms with E-state index in [0.717, 1.165) is 17.8 Å². The molecule has 3 unspecified atom stereocenters. The van der Waals surface area contributed by atoms with Crippen molar-refractivity contribution in [3.05, 3.63) is 20.8 Å². The highest BCUT2D eigenvalue weighted by Gasteiger charge is 2.30. The van der Waals surface area contributed by atoms with Gasteiger partial charge in [-0.1, -0.05) is 33.6 Å². The van der Waals surface area contributed by atoms with Crippen molar-refractivity contribution in [2.45, 2.75) is 58.9 Å². The van der Waals surface area contributed by atoms with E-state index in [9.17, 15) is 0 Å². The molecule has 1 nitrogen and oxygen atoms in total. The topological polar surface area (TPSA) is 12.0 Å². The molecule has 3 atom stereocenters. The fourth-order valence-electron chi connectivity index (χ4n) is 3.41. The molecule has 1 aliphatic carbocycles. The third-order valence-corrected chi connectivity index (χ3v) is 6.70. The lowest BCUT2D eigenvalue weighted by Crippen LogP contribution is -2.36. The maximum atomic E-state index is 3.70. The number of hydrogen-bond acceptors (Lipinski definition) is 2. The molecule has 1 aliphatic rings. The molecule has 1 fully saturated rings.